The van der Waals surface area contributed by atoms with Crippen molar-refractivity contribution in [2.24, 2.45) is 10.9 Å². The van der Waals surface area contributed by atoms with Crippen LogP contribution in [0.5, 0.6) is 0 Å². The van der Waals surface area contributed by atoms with Crippen LogP contribution >= 0.6 is 11.8 Å². The summed E-state index contributed by atoms with van der Waals surface area (Å²) in [5, 5.41) is 5.49. The third-order valence-corrected chi connectivity index (χ3v) is 11.3. The van der Waals surface area contributed by atoms with E-state index in [4.69, 9.17) is 9.84 Å². The molecule has 0 aliphatic carbocycles. The molecule has 10 nitrogen and oxygen atoms in total. The molecular formula is C33H37N5O5S2. The van der Waals surface area contributed by atoms with Gasteiger partial charge in [-0.15, -0.1) is 0 Å². The zero-order valence-corrected chi connectivity index (χ0v) is 26.9. The van der Waals surface area contributed by atoms with E-state index in [0.717, 1.165) is 31.4 Å². The van der Waals surface area contributed by atoms with Crippen molar-refractivity contribution in [3.05, 3.63) is 71.3 Å². The number of carbonyl (C=O) groups is 2. The molecule has 2 aromatic carbocycles. The minimum absolute atomic E-state index is 0.135. The number of likely N-dealkylation sites (tertiary alicyclic amines) is 1. The second kappa shape index (κ2) is 13.7. The first-order chi connectivity index (χ1) is 21.8. The topological polar surface area (TPSA) is 114 Å². The fraction of sp³-hybridized carbons (Fsp3) is 0.394. The van der Waals surface area contributed by atoms with Gasteiger partial charge in [-0.25, -0.2) is 13.1 Å². The van der Waals surface area contributed by atoms with E-state index in [1.165, 1.54) is 11.8 Å². The summed E-state index contributed by atoms with van der Waals surface area (Å²) in [7, 11) is -3.67. The van der Waals surface area contributed by atoms with Crippen molar-refractivity contribution < 1.29 is 22.7 Å². The summed E-state index contributed by atoms with van der Waals surface area (Å²) in [6.45, 7) is 4.45. The summed E-state index contributed by atoms with van der Waals surface area (Å²) >= 11 is 1.31. The number of para-hydroxylation sites is 1. The average Bonchev–Trinajstić information content (AvgIpc) is 3.53. The van der Waals surface area contributed by atoms with E-state index in [-0.39, 0.29) is 22.7 Å². The standard InChI is InChI=1S/C33H37N5O5S2/c1-2-43-32(40)24-15-19-36(20-16-24)33-34-31(39)29(44-33)22-26-23-38(27-12-6-5-7-13-27)35-30(26)25-11-10-14-28(21-25)45(41,42)37-17-8-3-4-9-18-37/h5-7,10-14,21-24H,2-4,8-9,15-20H2,1H3. The molecule has 0 radical (unpaired) electrons. The molecule has 0 N–H and O–H groups in total. The number of piperidine rings is 1. The molecule has 2 saturated heterocycles. The molecule has 0 atom stereocenters. The van der Waals surface area contributed by atoms with Crippen LogP contribution in [0.4, 0.5) is 0 Å². The first-order valence-corrected chi connectivity index (χ1v) is 17.8. The van der Waals surface area contributed by atoms with Gasteiger partial charge in [0.05, 0.1) is 28.0 Å². The smallest absolute Gasteiger partial charge is 0.309 e. The van der Waals surface area contributed by atoms with Crippen molar-refractivity contribution >= 4 is 44.9 Å². The predicted molar refractivity (Wildman–Crippen MR) is 175 cm³/mol. The van der Waals surface area contributed by atoms with Gasteiger partial charge in [-0.05, 0) is 74.7 Å². The third-order valence-electron chi connectivity index (χ3n) is 8.35. The van der Waals surface area contributed by atoms with Crippen molar-refractivity contribution in [2.75, 3.05) is 32.8 Å². The van der Waals surface area contributed by atoms with Gasteiger partial charge in [0.25, 0.3) is 5.91 Å². The highest BCUT2D eigenvalue weighted by Crippen LogP contribution is 2.35. The molecule has 2 fully saturated rings. The lowest BCUT2D eigenvalue weighted by Gasteiger charge is -2.31. The number of esters is 1. The lowest BCUT2D eigenvalue weighted by Crippen LogP contribution is -2.39. The van der Waals surface area contributed by atoms with E-state index >= 15 is 0 Å². The Bertz CT molecular complexity index is 1720. The number of sulfonamides is 1. The molecule has 3 aliphatic rings. The number of aliphatic imine (C=N–C) groups is 1. The van der Waals surface area contributed by atoms with Crippen LogP contribution in [0.2, 0.25) is 0 Å². The largest absolute Gasteiger partial charge is 0.466 e. The van der Waals surface area contributed by atoms with Crippen LogP contribution in [0.25, 0.3) is 23.0 Å². The number of ether oxygens (including phenoxy) is 1. The molecule has 0 spiro atoms. The van der Waals surface area contributed by atoms with E-state index in [0.29, 0.717) is 72.5 Å². The lowest BCUT2D eigenvalue weighted by molar-refractivity contribution is -0.149. The second-order valence-electron chi connectivity index (χ2n) is 11.4. The Morgan fingerprint density at radius 1 is 1.00 bits per heavy atom. The van der Waals surface area contributed by atoms with Gasteiger partial charge in [-0.3, -0.25) is 9.59 Å². The first kappa shape index (κ1) is 31.3. The Kier molecular flexibility index (Phi) is 9.53. The fourth-order valence-corrected chi connectivity index (χ4v) is 8.43. The van der Waals surface area contributed by atoms with Crippen molar-refractivity contribution in [2.45, 2.75) is 50.3 Å². The van der Waals surface area contributed by atoms with Crippen LogP contribution in [0.1, 0.15) is 51.0 Å². The van der Waals surface area contributed by atoms with Gasteiger partial charge in [0.1, 0.15) is 5.69 Å². The number of thioether (sulfide) groups is 1. The van der Waals surface area contributed by atoms with Gasteiger partial charge in [-0.2, -0.15) is 14.4 Å². The van der Waals surface area contributed by atoms with Gasteiger partial charge < -0.3 is 9.64 Å². The van der Waals surface area contributed by atoms with Crippen LogP contribution in [0, 0.1) is 5.92 Å². The van der Waals surface area contributed by atoms with Gasteiger partial charge in [0, 0.05) is 43.5 Å². The molecule has 1 amide bonds. The molecule has 45 heavy (non-hydrogen) atoms. The van der Waals surface area contributed by atoms with Crippen molar-refractivity contribution in [1.82, 2.24) is 19.0 Å². The molecule has 6 rings (SSSR count). The number of amides is 1. The minimum Gasteiger partial charge on any atom is -0.466 e. The summed E-state index contributed by atoms with van der Waals surface area (Å²) < 4.78 is 35.8. The Labute approximate surface area is 268 Å². The maximum atomic E-state index is 13.6. The fourth-order valence-electron chi connectivity index (χ4n) is 5.91. The molecule has 12 heteroatoms. The Hall–Kier alpha value is -3.74. The van der Waals surface area contributed by atoms with E-state index < -0.39 is 10.0 Å². The highest BCUT2D eigenvalue weighted by molar-refractivity contribution is 8.18. The highest BCUT2D eigenvalue weighted by atomic mass is 32.2. The monoisotopic (exact) mass is 647 g/mol. The van der Waals surface area contributed by atoms with Crippen LogP contribution < -0.4 is 0 Å². The molecule has 3 aromatic rings. The first-order valence-electron chi connectivity index (χ1n) is 15.5. The average molecular weight is 648 g/mol. The van der Waals surface area contributed by atoms with Crippen molar-refractivity contribution in [3.8, 4) is 16.9 Å². The summed E-state index contributed by atoms with van der Waals surface area (Å²) in [6.07, 6.45) is 8.72. The summed E-state index contributed by atoms with van der Waals surface area (Å²) in [4.78, 5) is 32.4. The molecule has 0 bridgehead atoms. The number of aromatic nitrogens is 2. The lowest BCUT2D eigenvalue weighted by atomic mass is 9.97. The van der Waals surface area contributed by atoms with Gasteiger partial charge >= 0.3 is 5.97 Å². The molecule has 3 aliphatic heterocycles. The molecule has 4 heterocycles. The second-order valence-corrected chi connectivity index (χ2v) is 14.3. The number of amidine groups is 1. The minimum atomic E-state index is -3.67. The quantitative estimate of drug-likeness (QED) is 0.249. The Morgan fingerprint density at radius 3 is 2.44 bits per heavy atom. The zero-order chi connectivity index (χ0) is 31.4. The van der Waals surface area contributed by atoms with E-state index in [1.807, 2.05) is 47.5 Å². The highest BCUT2D eigenvalue weighted by Gasteiger charge is 2.32. The third kappa shape index (κ3) is 6.92. The number of hydrogen-bond acceptors (Lipinski definition) is 8. The maximum Gasteiger partial charge on any atom is 0.309 e. The van der Waals surface area contributed by atoms with Crippen LogP contribution in [-0.2, 0) is 24.3 Å². The van der Waals surface area contributed by atoms with Gasteiger partial charge in [-0.1, -0.05) is 43.2 Å². The number of nitrogens with zero attached hydrogens (tertiary/aromatic N) is 5. The normalized spacial score (nSPS) is 19.5. The van der Waals surface area contributed by atoms with Crippen LogP contribution in [-0.4, -0.2) is 77.2 Å². The Balaban J connectivity index is 1.29. The van der Waals surface area contributed by atoms with Gasteiger partial charge in [0.15, 0.2) is 5.17 Å². The van der Waals surface area contributed by atoms with Gasteiger partial charge in [0.2, 0.25) is 10.0 Å². The molecule has 0 unspecified atom stereocenters. The number of benzene rings is 2. The summed E-state index contributed by atoms with van der Waals surface area (Å²) in [5.74, 6) is -0.635. The predicted octanol–water partition coefficient (Wildman–Crippen LogP) is 5.35. The van der Waals surface area contributed by atoms with Crippen LogP contribution in [0.3, 0.4) is 0 Å². The summed E-state index contributed by atoms with van der Waals surface area (Å²) in [5.41, 5.74) is 2.72. The SMILES string of the molecule is CCOC(=O)C1CCN(C2=NC(=O)C(=Cc3cn(-c4ccccc4)nc3-c3cccc(S(=O)(=O)N4CCCCCC4)c3)S2)CC1. The Morgan fingerprint density at radius 2 is 1.73 bits per heavy atom. The molecule has 0 saturated carbocycles. The number of carbonyl (C=O) groups excluding carboxylic acids is 2. The molecule has 1 aromatic heterocycles. The van der Waals surface area contributed by atoms with Crippen molar-refractivity contribution in [3.63, 3.8) is 0 Å². The van der Waals surface area contributed by atoms with E-state index in [9.17, 15) is 18.0 Å². The number of hydrogen-bond donors (Lipinski definition) is 0. The van der Waals surface area contributed by atoms with E-state index in [1.54, 1.807) is 40.2 Å². The van der Waals surface area contributed by atoms with E-state index in [2.05, 4.69) is 4.99 Å². The van der Waals surface area contributed by atoms with Crippen LogP contribution in [0.15, 0.2) is 75.6 Å². The van der Waals surface area contributed by atoms with Crippen molar-refractivity contribution in [1.29, 1.82) is 0 Å². The molecule has 236 valence electrons. The zero-order valence-electron chi connectivity index (χ0n) is 25.3. The summed E-state index contributed by atoms with van der Waals surface area (Å²) in [6, 6.07) is 16.5. The maximum absolute atomic E-state index is 13.6. The molecular weight excluding hydrogens is 611 g/mol. The number of rotatable bonds is 7.